The van der Waals surface area contributed by atoms with E-state index in [9.17, 15) is 4.79 Å². The lowest BCUT2D eigenvalue weighted by Crippen LogP contribution is -2.42. The van der Waals surface area contributed by atoms with Gasteiger partial charge in [0, 0.05) is 25.1 Å². The maximum atomic E-state index is 12.2. The van der Waals surface area contributed by atoms with Crippen LogP contribution >= 0.6 is 0 Å². The second-order valence-electron chi connectivity index (χ2n) is 4.95. The highest BCUT2D eigenvalue weighted by molar-refractivity contribution is 5.74. The van der Waals surface area contributed by atoms with Crippen molar-refractivity contribution in [3.8, 4) is 5.75 Å². The molecule has 1 aromatic carbocycles. The highest BCUT2D eigenvalue weighted by Gasteiger charge is 2.23. The van der Waals surface area contributed by atoms with Crippen molar-refractivity contribution >= 4 is 6.03 Å². The summed E-state index contributed by atoms with van der Waals surface area (Å²) in [5.41, 5.74) is 2.02. The van der Waals surface area contributed by atoms with Crippen LogP contribution in [0.2, 0.25) is 0 Å². The highest BCUT2D eigenvalue weighted by atomic mass is 16.5. The van der Waals surface area contributed by atoms with Gasteiger partial charge in [0.25, 0.3) is 0 Å². The van der Waals surface area contributed by atoms with E-state index in [1.54, 1.807) is 18.2 Å². The van der Waals surface area contributed by atoms with Gasteiger partial charge in [0.05, 0.1) is 19.9 Å². The van der Waals surface area contributed by atoms with E-state index in [1.807, 2.05) is 24.3 Å². The van der Waals surface area contributed by atoms with E-state index in [1.165, 1.54) is 0 Å². The van der Waals surface area contributed by atoms with Crippen LogP contribution in [-0.2, 0) is 19.5 Å². The van der Waals surface area contributed by atoms with Crippen LogP contribution in [0.25, 0.3) is 0 Å². The van der Waals surface area contributed by atoms with Gasteiger partial charge in [-0.1, -0.05) is 17.3 Å². The number of ether oxygens (including phenoxy) is 1. The SMILES string of the molecule is COc1ccc(CNC(=O)N2CCc3oncc3C2)cc1. The largest absolute Gasteiger partial charge is 0.497 e. The summed E-state index contributed by atoms with van der Waals surface area (Å²) in [7, 11) is 1.63. The molecule has 0 fully saturated rings. The molecule has 0 atom stereocenters. The Kier molecular flexibility index (Phi) is 3.77. The number of carbonyl (C=O) groups is 1. The number of urea groups is 1. The summed E-state index contributed by atoms with van der Waals surface area (Å²) < 4.78 is 10.2. The minimum absolute atomic E-state index is 0.0716. The molecule has 110 valence electrons. The number of aromatic nitrogens is 1. The molecule has 3 rings (SSSR count). The van der Waals surface area contributed by atoms with Crippen molar-refractivity contribution < 1.29 is 14.1 Å². The minimum Gasteiger partial charge on any atom is -0.497 e. The number of rotatable bonds is 3. The Morgan fingerprint density at radius 1 is 1.43 bits per heavy atom. The van der Waals surface area contributed by atoms with E-state index in [-0.39, 0.29) is 6.03 Å². The molecule has 6 heteroatoms. The normalized spacial score (nSPS) is 13.7. The Morgan fingerprint density at radius 3 is 3.00 bits per heavy atom. The zero-order chi connectivity index (χ0) is 14.7. The second-order valence-corrected chi connectivity index (χ2v) is 4.95. The first kappa shape index (κ1) is 13.5. The van der Waals surface area contributed by atoms with Crippen molar-refractivity contribution in [2.75, 3.05) is 13.7 Å². The second kappa shape index (κ2) is 5.87. The third-order valence-corrected chi connectivity index (χ3v) is 3.59. The van der Waals surface area contributed by atoms with Crippen molar-refractivity contribution in [3.63, 3.8) is 0 Å². The van der Waals surface area contributed by atoms with Gasteiger partial charge >= 0.3 is 6.03 Å². The number of amides is 2. The maximum absolute atomic E-state index is 12.2. The van der Waals surface area contributed by atoms with Crippen LogP contribution in [0, 0.1) is 0 Å². The predicted molar refractivity (Wildman–Crippen MR) is 75.8 cm³/mol. The van der Waals surface area contributed by atoms with Crippen molar-refractivity contribution in [1.29, 1.82) is 0 Å². The third kappa shape index (κ3) is 2.99. The van der Waals surface area contributed by atoms with E-state index < -0.39 is 0 Å². The summed E-state index contributed by atoms with van der Waals surface area (Å²) in [5, 5.41) is 6.69. The molecule has 0 bridgehead atoms. The van der Waals surface area contributed by atoms with Crippen molar-refractivity contribution in [2.24, 2.45) is 0 Å². The molecular weight excluding hydrogens is 270 g/mol. The first-order chi connectivity index (χ1) is 10.3. The maximum Gasteiger partial charge on any atom is 0.317 e. The van der Waals surface area contributed by atoms with Gasteiger partial charge in [0.15, 0.2) is 0 Å². The third-order valence-electron chi connectivity index (χ3n) is 3.59. The molecule has 0 spiro atoms. The predicted octanol–water partition coefficient (Wildman–Crippen LogP) is 1.95. The molecule has 2 aromatic rings. The van der Waals surface area contributed by atoms with Crippen LogP contribution in [0.5, 0.6) is 5.75 Å². The molecule has 0 aliphatic carbocycles. The minimum atomic E-state index is -0.0716. The number of fused-ring (bicyclic) bond motifs is 1. The molecule has 6 nitrogen and oxygen atoms in total. The Morgan fingerprint density at radius 2 is 2.24 bits per heavy atom. The van der Waals surface area contributed by atoms with Crippen LogP contribution in [0.15, 0.2) is 35.0 Å². The number of hydrogen-bond donors (Lipinski definition) is 1. The van der Waals surface area contributed by atoms with Crippen molar-refractivity contribution in [2.45, 2.75) is 19.5 Å². The topological polar surface area (TPSA) is 67.6 Å². The summed E-state index contributed by atoms with van der Waals surface area (Å²) in [6, 6.07) is 7.57. The monoisotopic (exact) mass is 287 g/mol. The van der Waals surface area contributed by atoms with E-state index in [4.69, 9.17) is 9.26 Å². The lowest BCUT2D eigenvalue weighted by molar-refractivity contribution is 0.188. The smallest absolute Gasteiger partial charge is 0.317 e. The van der Waals surface area contributed by atoms with Crippen LogP contribution in [0.3, 0.4) is 0 Å². The number of nitrogens with one attached hydrogen (secondary N) is 1. The van der Waals surface area contributed by atoms with Gasteiger partial charge in [-0.3, -0.25) is 0 Å². The molecular formula is C15H17N3O3. The Bertz CT molecular complexity index is 621. The Labute approximate surface area is 122 Å². The van der Waals surface area contributed by atoms with E-state index in [0.29, 0.717) is 26.1 Å². The Hall–Kier alpha value is -2.50. The van der Waals surface area contributed by atoms with E-state index >= 15 is 0 Å². The lowest BCUT2D eigenvalue weighted by atomic mass is 10.1. The molecule has 2 heterocycles. The van der Waals surface area contributed by atoms with Crippen LogP contribution in [0.4, 0.5) is 4.79 Å². The van der Waals surface area contributed by atoms with Crippen LogP contribution < -0.4 is 10.1 Å². The number of carbonyl (C=O) groups excluding carboxylic acids is 1. The molecule has 0 unspecified atom stereocenters. The number of hydrogen-bond acceptors (Lipinski definition) is 4. The van der Waals surface area contributed by atoms with Crippen LogP contribution in [-0.4, -0.2) is 29.7 Å². The van der Waals surface area contributed by atoms with Gasteiger partial charge < -0.3 is 19.5 Å². The average molecular weight is 287 g/mol. The first-order valence-corrected chi connectivity index (χ1v) is 6.84. The summed E-state index contributed by atoms with van der Waals surface area (Å²) in [4.78, 5) is 13.9. The van der Waals surface area contributed by atoms with Gasteiger partial charge in [-0.2, -0.15) is 0 Å². The van der Waals surface area contributed by atoms with Gasteiger partial charge in [-0.05, 0) is 17.7 Å². The standard InChI is InChI=1S/C15H17N3O3/c1-20-13-4-2-11(3-5-13)8-16-15(19)18-7-6-14-12(10-18)9-17-21-14/h2-5,9H,6-8,10H2,1H3,(H,16,19). The fourth-order valence-electron chi connectivity index (χ4n) is 2.35. The van der Waals surface area contributed by atoms with Gasteiger partial charge in [0.1, 0.15) is 11.5 Å². The molecule has 1 aromatic heterocycles. The van der Waals surface area contributed by atoms with E-state index in [2.05, 4.69) is 10.5 Å². The van der Waals surface area contributed by atoms with Crippen molar-refractivity contribution in [3.05, 3.63) is 47.3 Å². The molecule has 2 amide bonds. The number of methoxy groups -OCH3 is 1. The average Bonchev–Trinajstić information content (AvgIpc) is 3.00. The van der Waals surface area contributed by atoms with Gasteiger partial charge in [-0.15, -0.1) is 0 Å². The summed E-state index contributed by atoms with van der Waals surface area (Å²) >= 11 is 0. The molecule has 0 radical (unpaired) electrons. The summed E-state index contributed by atoms with van der Waals surface area (Å²) in [5.74, 6) is 1.69. The highest BCUT2D eigenvalue weighted by Crippen LogP contribution is 2.18. The fraction of sp³-hybridized carbons (Fsp3) is 0.333. The fourth-order valence-corrected chi connectivity index (χ4v) is 2.35. The summed E-state index contributed by atoms with van der Waals surface area (Å²) in [6.45, 7) is 1.69. The Balaban J connectivity index is 1.54. The molecule has 1 N–H and O–H groups in total. The molecule has 1 aliphatic heterocycles. The molecule has 0 saturated carbocycles. The number of nitrogens with zero attached hydrogens (tertiary/aromatic N) is 2. The molecule has 0 saturated heterocycles. The van der Waals surface area contributed by atoms with Gasteiger partial charge in [-0.25, -0.2) is 4.79 Å². The van der Waals surface area contributed by atoms with Crippen LogP contribution in [0.1, 0.15) is 16.9 Å². The molecule has 21 heavy (non-hydrogen) atoms. The van der Waals surface area contributed by atoms with Crippen molar-refractivity contribution in [1.82, 2.24) is 15.4 Å². The van der Waals surface area contributed by atoms with E-state index in [0.717, 1.165) is 22.6 Å². The molecule has 1 aliphatic rings. The lowest BCUT2D eigenvalue weighted by Gasteiger charge is -2.25. The van der Waals surface area contributed by atoms with Gasteiger partial charge in [0.2, 0.25) is 0 Å². The zero-order valence-electron chi connectivity index (χ0n) is 11.8. The first-order valence-electron chi connectivity index (χ1n) is 6.84. The number of benzene rings is 1. The quantitative estimate of drug-likeness (QED) is 0.937. The summed E-state index contributed by atoms with van der Waals surface area (Å²) in [6.07, 6.45) is 2.39. The zero-order valence-corrected chi connectivity index (χ0v) is 11.8.